The predicted octanol–water partition coefficient (Wildman–Crippen LogP) is 6.04. The van der Waals surface area contributed by atoms with Crippen molar-refractivity contribution in [3.05, 3.63) is 70.6 Å². The number of H-pyrrole nitrogens is 1. The van der Waals surface area contributed by atoms with E-state index in [9.17, 15) is 19.2 Å². The second kappa shape index (κ2) is 17.1. The zero-order valence-corrected chi connectivity index (χ0v) is 33.7. The smallest absolute Gasteiger partial charge is 0.407 e. The van der Waals surface area contributed by atoms with Crippen molar-refractivity contribution < 1.29 is 38.1 Å². The summed E-state index contributed by atoms with van der Waals surface area (Å²) >= 11 is 0. The van der Waals surface area contributed by atoms with E-state index in [0.29, 0.717) is 18.9 Å². The third-order valence-corrected chi connectivity index (χ3v) is 12.3. The number of hydrogen-bond donors (Lipinski definition) is 3. The molecule has 0 spiro atoms. The van der Waals surface area contributed by atoms with Crippen molar-refractivity contribution in [2.75, 3.05) is 41.5 Å². The molecule has 1 aromatic heterocycles. The van der Waals surface area contributed by atoms with Crippen LogP contribution in [0.1, 0.15) is 82.6 Å². The number of alkyl carbamates (subject to hydrolysis) is 2. The number of benzene rings is 2. The number of likely N-dealkylation sites (tertiary alicyclic amines) is 2. The summed E-state index contributed by atoms with van der Waals surface area (Å²) in [5.74, 6) is 0.328. The van der Waals surface area contributed by atoms with Crippen molar-refractivity contribution in [2.45, 2.75) is 102 Å². The molecule has 3 N–H and O–H groups in total. The first-order chi connectivity index (χ1) is 27.6. The zero-order valence-electron chi connectivity index (χ0n) is 33.7. The predicted molar refractivity (Wildman–Crippen MR) is 214 cm³/mol. The highest BCUT2D eigenvalue weighted by molar-refractivity contribution is 5.89. The standard InChI is InChI=1S/C43H54N6O8/c1-24(54-3)37(46-42(52)56-5)40(50)48-20-8-12-35(48)32-23-31(29-10-7-11-30(29)32)27-16-14-26(15-17-27)28-18-19-33-34(22-28)45-39(44-33)36-13-9-21-49(36)41(51)38(25(2)55-4)47-43(53)57-6/h14-19,22,24-25,35-38H,7-13,20-21,23H2,1-6H3,(H,44,45)(H,46,52)(H,47,53)/t24-,25-,35+,36+,37+,38+/m1/s1. The van der Waals surface area contributed by atoms with E-state index in [1.165, 1.54) is 56.3 Å². The summed E-state index contributed by atoms with van der Waals surface area (Å²) in [4.78, 5) is 64.1. The van der Waals surface area contributed by atoms with Gasteiger partial charge in [-0.3, -0.25) is 9.59 Å². The highest BCUT2D eigenvalue weighted by Gasteiger charge is 2.42. The number of aromatic nitrogens is 2. The molecule has 1 saturated carbocycles. The van der Waals surface area contributed by atoms with Gasteiger partial charge in [-0.05, 0) is 116 Å². The number of fused-ring (bicyclic) bond motifs is 2. The highest BCUT2D eigenvalue weighted by Crippen LogP contribution is 2.50. The summed E-state index contributed by atoms with van der Waals surface area (Å²) in [6.45, 7) is 4.71. The van der Waals surface area contributed by atoms with E-state index < -0.39 is 36.5 Å². The quantitative estimate of drug-likeness (QED) is 0.199. The van der Waals surface area contributed by atoms with E-state index >= 15 is 0 Å². The van der Waals surface area contributed by atoms with Gasteiger partial charge in [0.2, 0.25) is 11.8 Å². The topological polar surface area (TPSA) is 164 Å². The number of nitrogens with zero attached hydrogens (tertiary/aromatic N) is 3. The molecule has 4 amide bonds. The molecule has 2 aromatic carbocycles. The number of rotatable bonds is 12. The normalized spacial score (nSPS) is 21.4. The highest BCUT2D eigenvalue weighted by atomic mass is 16.5. The van der Waals surface area contributed by atoms with E-state index in [2.05, 4.69) is 52.0 Å². The molecule has 2 aliphatic carbocycles. The third kappa shape index (κ3) is 7.89. The lowest BCUT2D eigenvalue weighted by Crippen LogP contribution is -2.55. The van der Waals surface area contributed by atoms with Gasteiger partial charge in [-0.15, -0.1) is 0 Å². The molecular formula is C43H54N6O8. The van der Waals surface area contributed by atoms with Crippen LogP contribution >= 0.6 is 0 Å². The van der Waals surface area contributed by atoms with Crippen molar-refractivity contribution in [3.63, 3.8) is 0 Å². The molecule has 4 aliphatic rings. The third-order valence-electron chi connectivity index (χ3n) is 12.3. The van der Waals surface area contributed by atoms with E-state index in [-0.39, 0.29) is 23.9 Å². The number of carbonyl (C=O) groups excluding carboxylic acids is 4. The second-order valence-corrected chi connectivity index (χ2v) is 15.4. The number of hydrogen-bond acceptors (Lipinski definition) is 9. The molecule has 14 nitrogen and oxygen atoms in total. The summed E-state index contributed by atoms with van der Waals surface area (Å²) in [5, 5.41) is 5.35. The first kappa shape index (κ1) is 40.0. The van der Waals surface area contributed by atoms with Gasteiger partial charge < -0.3 is 44.4 Å². The van der Waals surface area contributed by atoms with E-state index in [1.54, 1.807) is 18.7 Å². The maximum Gasteiger partial charge on any atom is 0.407 e. The summed E-state index contributed by atoms with van der Waals surface area (Å²) in [5.41, 5.74) is 10.5. The van der Waals surface area contributed by atoms with Gasteiger partial charge in [-0.2, -0.15) is 0 Å². The molecule has 304 valence electrons. The largest absolute Gasteiger partial charge is 0.453 e. The zero-order chi connectivity index (χ0) is 40.4. The molecular weight excluding hydrogens is 729 g/mol. The minimum Gasteiger partial charge on any atom is -0.453 e. The van der Waals surface area contributed by atoms with Gasteiger partial charge in [0, 0.05) is 27.3 Å². The minimum absolute atomic E-state index is 0.0179. The molecule has 7 rings (SSSR count). The van der Waals surface area contributed by atoms with Gasteiger partial charge in [-0.1, -0.05) is 30.3 Å². The monoisotopic (exact) mass is 782 g/mol. The van der Waals surface area contributed by atoms with Crippen LogP contribution in [0.2, 0.25) is 0 Å². The van der Waals surface area contributed by atoms with Gasteiger partial charge in [-0.25, -0.2) is 14.6 Å². The number of aromatic amines is 1. The fourth-order valence-corrected chi connectivity index (χ4v) is 9.13. The summed E-state index contributed by atoms with van der Waals surface area (Å²) in [6, 6.07) is 12.9. The number of allylic oxidation sites excluding steroid dienone is 3. The Bertz CT molecular complexity index is 2070. The first-order valence-electron chi connectivity index (χ1n) is 20.0. The summed E-state index contributed by atoms with van der Waals surface area (Å²) in [6.07, 6.45) is 4.89. The Kier molecular flexibility index (Phi) is 12.0. The molecule has 3 aromatic rings. The van der Waals surface area contributed by atoms with Crippen molar-refractivity contribution >= 4 is 40.6 Å². The number of amides is 4. The van der Waals surface area contributed by atoms with Crippen molar-refractivity contribution in [2.24, 2.45) is 0 Å². The van der Waals surface area contributed by atoms with Gasteiger partial charge in [0.1, 0.15) is 17.9 Å². The van der Waals surface area contributed by atoms with Gasteiger partial charge in [0.25, 0.3) is 0 Å². The van der Waals surface area contributed by atoms with Gasteiger partial charge in [0.15, 0.2) is 0 Å². The van der Waals surface area contributed by atoms with Crippen LogP contribution in [0.15, 0.2) is 59.2 Å². The molecule has 3 fully saturated rings. The molecule has 3 heterocycles. The molecule has 0 bridgehead atoms. The second-order valence-electron chi connectivity index (χ2n) is 15.4. The minimum atomic E-state index is -0.897. The van der Waals surface area contributed by atoms with Crippen LogP contribution in [0.3, 0.4) is 0 Å². The average molecular weight is 783 g/mol. The van der Waals surface area contributed by atoms with Crippen LogP contribution in [0.25, 0.3) is 27.7 Å². The lowest BCUT2D eigenvalue weighted by atomic mass is 9.94. The fourth-order valence-electron chi connectivity index (χ4n) is 9.13. The van der Waals surface area contributed by atoms with Crippen molar-refractivity contribution in [1.29, 1.82) is 0 Å². The van der Waals surface area contributed by atoms with E-state index in [0.717, 1.165) is 73.5 Å². The Hall–Kier alpha value is -5.21. The molecule has 0 unspecified atom stereocenters. The lowest BCUT2D eigenvalue weighted by Gasteiger charge is -2.32. The molecule has 6 atom stereocenters. The molecule has 2 aliphatic heterocycles. The molecule has 0 radical (unpaired) electrons. The summed E-state index contributed by atoms with van der Waals surface area (Å²) in [7, 11) is 5.60. The fraction of sp³-hybridized carbons (Fsp3) is 0.512. The summed E-state index contributed by atoms with van der Waals surface area (Å²) < 4.78 is 20.5. The molecule has 2 saturated heterocycles. The Balaban J connectivity index is 1.07. The Morgan fingerprint density at radius 3 is 1.84 bits per heavy atom. The number of carbonyl (C=O) groups is 4. The maximum absolute atomic E-state index is 14.0. The van der Waals surface area contributed by atoms with Crippen LogP contribution < -0.4 is 10.6 Å². The van der Waals surface area contributed by atoms with Crippen LogP contribution in [0.4, 0.5) is 9.59 Å². The number of methoxy groups -OCH3 is 4. The van der Waals surface area contributed by atoms with Gasteiger partial charge in [0.05, 0.1) is 49.5 Å². The molecule has 14 heteroatoms. The Morgan fingerprint density at radius 1 is 0.702 bits per heavy atom. The lowest BCUT2D eigenvalue weighted by molar-refractivity contribution is -0.138. The van der Waals surface area contributed by atoms with Crippen LogP contribution in [-0.4, -0.2) is 116 Å². The van der Waals surface area contributed by atoms with Crippen LogP contribution in [-0.2, 0) is 28.5 Å². The maximum atomic E-state index is 14.0. The van der Waals surface area contributed by atoms with E-state index in [1.807, 2.05) is 11.0 Å². The number of ether oxygens (including phenoxy) is 4. The van der Waals surface area contributed by atoms with Crippen molar-refractivity contribution in [1.82, 2.24) is 30.4 Å². The van der Waals surface area contributed by atoms with Crippen molar-refractivity contribution in [3.8, 4) is 11.1 Å². The van der Waals surface area contributed by atoms with E-state index in [4.69, 9.17) is 23.9 Å². The van der Waals surface area contributed by atoms with Crippen LogP contribution in [0.5, 0.6) is 0 Å². The van der Waals surface area contributed by atoms with Crippen LogP contribution in [0, 0.1) is 0 Å². The van der Waals surface area contributed by atoms with Gasteiger partial charge >= 0.3 is 12.2 Å². The average Bonchev–Trinajstić information content (AvgIpc) is 4.09. The number of imidazole rings is 1. The number of nitrogens with one attached hydrogen (secondary N) is 3. The SMILES string of the molecule is COC(=O)N[C@H](C(=O)N1CCC[C@H]1C1=C2CCCC2=C(c2ccc(-c3ccc4nc([C@@H]5CCCN5C(=O)[C@@H](NC(=O)OC)[C@@H](C)OC)[nH]c4c3)cc2)C1)[C@@H](C)OC. The molecule has 57 heavy (non-hydrogen) atoms. The Labute approximate surface area is 333 Å². The first-order valence-corrected chi connectivity index (χ1v) is 20.0. The Morgan fingerprint density at radius 2 is 1.25 bits per heavy atom.